The summed E-state index contributed by atoms with van der Waals surface area (Å²) >= 11 is 0. The number of carbonyl (C=O) groups excluding carboxylic acids is 1. The van der Waals surface area contributed by atoms with Crippen LogP contribution < -0.4 is 10.1 Å². The highest BCUT2D eigenvalue weighted by atomic mass is 19.4. The van der Waals surface area contributed by atoms with E-state index in [9.17, 15) is 18.0 Å². The van der Waals surface area contributed by atoms with Gasteiger partial charge >= 0.3 is 6.36 Å². The Kier molecular flexibility index (Phi) is 6.23. The number of anilines is 1. The second kappa shape index (κ2) is 8.91. The fourth-order valence-electron chi connectivity index (χ4n) is 4.91. The van der Waals surface area contributed by atoms with Crippen LogP contribution in [0, 0.1) is 0 Å². The zero-order chi connectivity index (χ0) is 22.0. The van der Waals surface area contributed by atoms with Crippen LogP contribution in [0.5, 0.6) is 5.75 Å². The van der Waals surface area contributed by atoms with E-state index < -0.39 is 6.36 Å². The lowest BCUT2D eigenvalue weighted by molar-refractivity contribution is -0.274. The summed E-state index contributed by atoms with van der Waals surface area (Å²) in [5.74, 6) is -0.189. The highest BCUT2D eigenvalue weighted by Gasteiger charge is 2.34. The maximum atomic E-state index is 12.4. The van der Waals surface area contributed by atoms with Gasteiger partial charge in [0.15, 0.2) is 0 Å². The fraction of sp³-hybridized carbons (Fsp3) is 0.458. The lowest BCUT2D eigenvalue weighted by Crippen LogP contribution is -2.35. The Labute approximate surface area is 180 Å². The minimum absolute atomic E-state index is 0.261. The van der Waals surface area contributed by atoms with Crippen LogP contribution in [-0.2, 0) is 0 Å². The average molecular weight is 432 g/mol. The van der Waals surface area contributed by atoms with Crippen molar-refractivity contribution in [3.8, 4) is 5.75 Å². The molecule has 2 aromatic carbocycles. The van der Waals surface area contributed by atoms with E-state index in [0.717, 1.165) is 12.1 Å². The minimum Gasteiger partial charge on any atom is -0.406 e. The number of alkyl halides is 3. The summed E-state index contributed by atoms with van der Waals surface area (Å²) in [7, 11) is 0. The van der Waals surface area contributed by atoms with E-state index in [4.69, 9.17) is 0 Å². The fourth-order valence-corrected chi connectivity index (χ4v) is 4.91. The molecular weight excluding hydrogens is 405 g/mol. The van der Waals surface area contributed by atoms with Crippen molar-refractivity contribution < 1.29 is 22.7 Å². The normalized spacial score (nSPS) is 24.3. The third kappa shape index (κ3) is 5.39. The highest BCUT2D eigenvalue weighted by Crippen LogP contribution is 2.39. The number of benzene rings is 2. The Morgan fingerprint density at radius 1 is 1.03 bits per heavy atom. The SMILES string of the molecule is C[C@H]1CCCN1[C@H]1CCC(c2ccc(NC(=O)c3ccc(OC(F)(F)F)cc3)cc2)C1. The number of nitrogens with zero attached hydrogens (tertiary/aromatic N) is 1. The molecule has 2 aromatic rings. The van der Waals surface area contributed by atoms with Gasteiger partial charge in [0, 0.05) is 23.3 Å². The zero-order valence-electron chi connectivity index (χ0n) is 17.5. The molecule has 0 bridgehead atoms. The second-order valence-electron chi connectivity index (χ2n) is 8.54. The number of rotatable bonds is 5. The predicted octanol–water partition coefficient (Wildman–Crippen LogP) is 5.96. The summed E-state index contributed by atoms with van der Waals surface area (Å²) in [6, 6.07) is 14.1. The Hall–Kier alpha value is -2.54. The molecule has 1 N–H and O–H groups in total. The zero-order valence-corrected chi connectivity index (χ0v) is 17.5. The lowest BCUT2D eigenvalue weighted by Gasteiger charge is -2.28. The smallest absolute Gasteiger partial charge is 0.406 e. The van der Waals surface area contributed by atoms with Crippen molar-refractivity contribution in [3.63, 3.8) is 0 Å². The first-order chi connectivity index (χ1) is 14.8. The van der Waals surface area contributed by atoms with Crippen molar-refractivity contribution in [2.24, 2.45) is 0 Å². The standard InChI is InChI=1S/C24H27F3N2O2/c1-16-3-2-14-29(16)21-11-6-19(15-21)17-4-9-20(10-5-17)28-23(30)18-7-12-22(13-8-18)31-24(25,26)27/h4-5,7-10,12-13,16,19,21H,2-3,6,11,14-15H2,1H3,(H,28,30)/t16-,19?,21-/m0/s1. The van der Waals surface area contributed by atoms with Crippen LogP contribution in [0.15, 0.2) is 48.5 Å². The molecule has 1 saturated carbocycles. The van der Waals surface area contributed by atoms with Crippen LogP contribution in [0.4, 0.5) is 18.9 Å². The number of hydrogen-bond acceptors (Lipinski definition) is 3. The molecule has 166 valence electrons. The largest absolute Gasteiger partial charge is 0.573 e. The van der Waals surface area contributed by atoms with Crippen molar-refractivity contribution >= 4 is 11.6 Å². The van der Waals surface area contributed by atoms with E-state index in [1.165, 1.54) is 56.3 Å². The van der Waals surface area contributed by atoms with Crippen LogP contribution in [0.2, 0.25) is 0 Å². The monoisotopic (exact) mass is 432 g/mol. The Balaban J connectivity index is 1.33. The molecule has 7 heteroatoms. The molecule has 1 saturated heterocycles. The number of nitrogens with one attached hydrogen (secondary N) is 1. The maximum Gasteiger partial charge on any atom is 0.573 e. The van der Waals surface area contributed by atoms with Crippen molar-refractivity contribution in [2.75, 3.05) is 11.9 Å². The molecule has 31 heavy (non-hydrogen) atoms. The predicted molar refractivity (Wildman–Crippen MR) is 113 cm³/mol. The van der Waals surface area contributed by atoms with Gasteiger partial charge in [-0.25, -0.2) is 0 Å². The number of ether oxygens (including phenoxy) is 1. The number of halogens is 3. The molecule has 2 fully saturated rings. The Morgan fingerprint density at radius 3 is 2.35 bits per heavy atom. The summed E-state index contributed by atoms with van der Waals surface area (Å²) in [4.78, 5) is 15.1. The quantitative estimate of drug-likeness (QED) is 0.634. The summed E-state index contributed by atoms with van der Waals surface area (Å²) in [6.45, 7) is 3.54. The molecule has 1 aliphatic carbocycles. The Bertz CT molecular complexity index is 897. The van der Waals surface area contributed by atoms with Crippen LogP contribution in [0.25, 0.3) is 0 Å². The van der Waals surface area contributed by atoms with Gasteiger partial charge in [0.05, 0.1) is 0 Å². The van der Waals surface area contributed by atoms with E-state index in [1.54, 1.807) is 0 Å². The molecule has 4 nitrogen and oxygen atoms in total. The van der Waals surface area contributed by atoms with Gasteiger partial charge in [-0.3, -0.25) is 9.69 Å². The second-order valence-corrected chi connectivity index (χ2v) is 8.54. The Morgan fingerprint density at radius 2 is 1.74 bits per heavy atom. The van der Waals surface area contributed by atoms with E-state index in [0.29, 0.717) is 23.7 Å². The van der Waals surface area contributed by atoms with Gasteiger partial charge in [-0.2, -0.15) is 0 Å². The molecule has 2 aliphatic rings. The van der Waals surface area contributed by atoms with Gasteiger partial charge in [0.2, 0.25) is 0 Å². The molecule has 1 heterocycles. The van der Waals surface area contributed by atoms with Gasteiger partial charge in [0.1, 0.15) is 5.75 Å². The van der Waals surface area contributed by atoms with Gasteiger partial charge in [0.25, 0.3) is 5.91 Å². The molecule has 4 rings (SSSR count). The molecule has 3 atom stereocenters. The van der Waals surface area contributed by atoms with E-state index >= 15 is 0 Å². The van der Waals surface area contributed by atoms with Crippen molar-refractivity contribution in [1.29, 1.82) is 0 Å². The van der Waals surface area contributed by atoms with Crippen molar-refractivity contribution in [2.45, 2.75) is 63.4 Å². The first-order valence-corrected chi connectivity index (χ1v) is 10.8. The minimum atomic E-state index is -4.75. The average Bonchev–Trinajstić information content (AvgIpc) is 3.37. The molecule has 0 spiro atoms. The lowest BCUT2D eigenvalue weighted by atomic mass is 9.97. The molecule has 0 radical (unpaired) electrons. The summed E-state index contributed by atoms with van der Waals surface area (Å²) in [6.07, 6.45) is 1.45. The third-order valence-electron chi connectivity index (χ3n) is 6.47. The molecule has 1 unspecified atom stereocenters. The number of likely N-dealkylation sites (tertiary alicyclic amines) is 1. The first kappa shape index (κ1) is 21.7. The van der Waals surface area contributed by atoms with Crippen LogP contribution in [-0.4, -0.2) is 35.8 Å². The first-order valence-electron chi connectivity index (χ1n) is 10.8. The van der Waals surface area contributed by atoms with E-state index in [-0.39, 0.29) is 17.2 Å². The van der Waals surface area contributed by atoms with Gasteiger partial charge in [-0.15, -0.1) is 13.2 Å². The highest BCUT2D eigenvalue weighted by molar-refractivity contribution is 6.04. The number of hydrogen-bond donors (Lipinski definition) is 1. The summed E-state index contributed by atoms with van der Waals surface area (Å²) in [5, 5.41) is 2.79. The van der Waals surface area contributed by atoms with E-state index in [1.807, 2.05) is 12.1 Å². The summed E-state index contributed by atoms with van der Waals surface area (Å²) in [5.41, 5.74) is 2.21. The molecule has 1 amide bonds. The molecule has 0 aromatic heterocycles. The van der Waals surface area contributed by atoms with Crippen LogP contribution in [0.1, 0.15) is 60.9 Å². The number of amides is 1. The third-order valence-corrected chi connectivity index (χ3v) is 6.47. The molecular formula is C24H27F3N2O2. The number of carbonyl (C=O) groups is 1. The van der Waals surface area contributed by atoms with Gasteiger partial charge < -0.3 is 10.1 Å². The van der Waals surface area contributed by atoms with E-state index in [2.05, 4.69) is 34.0 Å². The molecule has 1 aliphatic heterocycles. The maximum absolute atomic E-state index is 12.4. The summed E-state index contributed by atoms with van der Waals surface area (Å²) < 4.78 is 40.6. The topological polar surface area (TPSA) is 41.6 Å². The van der Waals surface area contributed by atoms with Crippen LogP contribution in [0.3, 0.4) is 0 Å². The van der Waals surface area contributed by atoms with Gasteiger partial charge in [-0.05, 0) is 93.5 Å². The van der Waals surface area contributed by atoms with Gasteiger partial charge in [-0.1, -0.05) is 12.1 Å². The van der Waals surface area contributed by atoms with Crippen molar-refractivity contribution in [3.05, 3.63) is 59.7 Å². The van der Waals surface area contributed by atoms with Crippen molar-refractivity contribution in [1.82, 2.24) is 4.90 Å². The van der Waals surface area contributed by atoms with Crippen LogP contribution >= 0.6 is 0 Å².